The second kappa shape index (κ2) is 9.69. The van der Waals surface area contributed by atoms with Crippen molar-refractivity contribution in [3.63, 3.8) is 0 Å². The lowest BCUT2D eigenvalue weighted by molar-refractivity contribution is -0.129. The van der Waals surface area contributed by atoms with Crippen molar-refractivity contribution < 1.29 is 14.6 Å². The number of aryl methyl sites for hydroxylation is 1. The summed E-state index contributed by atoms with van der Waals surface area (Å²) in [6.45, 7) is 4.51. The first-order valence-electron chi connectivity index (χ1n) is 10.2. The van der Waals surface area contributed by atoms with E-state index in [0.29, 0.717) is 32.5 Å². The second-order valence-electron chi connectivity index (χ2n) is 7.89. The number of carbonyl (C=O) groups is 1. The van der Waals surface area contributed by atoms with Gasteiger partial charge >= 0.3 is 0 Å². The summed E-state index contributed by atoms with van der Waals surface area (Å²) in [5.74, 6) is 0.964. The maximum atomic E-state index is 12.0. The largest absolute Gasteiger partial charge is 0.493 e. The van der Waals surface area contributed by atoms with E-state index in [0.717, 1.165) is 40.7 Å². The smallest absolute Gasteiger partial charge is 0.236 e. The van der Waals surface area contributed by atoms with Gasteiger partial charge in [-0.1, -0.05) is 18.2 Å². The van der Waals surface area contributed by atoms with Crippen LogP contribution in [0.1, 0.15) is 34.8 Å². The summed E-state index contributed by atoms with van der Waals surface area (Å²) in [5, 5.41) is 12.1. The molecule has 1 amide bonds. The van der Waals surface area contributed by atoms with E-state index in [-0.39, 0.29) is 5.91 Å². The third kappa shape index (κ3) is 5.78. The minimum atomic E-state index is -0.913. The molecule has 1 aromatic heterocycles. The van der Waals surface area contributed by atoms with Crippen molar-refractivity contribution in [2.45, 2.75) is 38.2 Å². The fourth-order valence-corrected chi connectivity index (χ4v) is 4.71. The molecule has 1 aromatic carbocycles. The molecule has 2 aromatic rings. The number of likely N-dealkylation sites (tertiary alicyclic amines) is 1. The summed E-state index contributed by atoms with van der Waals surface area (Å²) in [4.78, 5) is 21.6. The first-order chi connectivity index (χ1) is 13.9. The molecule has 1 N–H and O–H groups in total. The van der Waals surface area contributed by atoms with Crippen LogP contribution in [-0.2, 0) is 16.8 Å². The van der Waals surface area contributed by atoms with Crippen LogP contribution in [-0.4, -0.2) is 66.1 Å². The lowest BCUT2D eigenvalue weighted by Gasteiger charge is -2.25. The van der Waals surface area contributed by atoms with E-state index in [9.17, 15) is 9.90 Å². The number of hydrogen-bond acceptors (Lipinski definition) is 6. The van der Waals surface area contributed by atoms with Crippen molar-refractivity contribution in [2.75, 3.05) is 40.3 Å². The summed E-state index contributed by atoms with van der Waals surface area (Å²) in [5.41, 5.74) is 0.0585. The molecule has 1 aliphatic rings. The molecular weight excluding hydrogens is 386 g/mol. The van der Waals surface area contributed by atoms with E-state index in [4.69, 9.17) is 9.72 Å². The fraction of sp³-hybridized carbons (Fsp3) is 0.545. The quantitative estimate of drug-likeness (QED) is 0.750. The summed E-state index contributed by atoms with van der Waals surface area (Å²) in [6.07, 6.45) is 2.90. The van der Waals surface area contributed by atoms with Crippen molar-refractivity contribution in [1.29, 1.82) is 0 Å². The van der Waals surface area contributed by atoms with E-state index < -0.39 is 5.60 Å². The van der Waals surface area contributed by atoms with Crippen molar-refractivity contribution in [2.24, 2.45) is 0 Å². The zero-order chi connectivity index (χ0) is 20.9. The van der Waals surface area contributed by atoms with Crippen LogP contribution >= 0.6 is 11.3 Å². The molecule has 1 saturated heterocycles. The van der Waals surface area contributed by atoms with Crippen LogP contribution in [0.15, 0.2) is 30.3 Å². The molecule has 0 saturated carbocycles. The van der Waals surface area contributed by atoms with Gasteiger partial charge in [-0.2, -0.15) is 0 Å². The average molecular weight is 418 g/mol. The number of ether oxygens (including phenoxy) is 1. The first-order valence-corrected chi connectivity index (χ1v) is 11.0. The zero-order valence-electron chi connectivity index (χ0n) is 17.6. The fourth-order valence-electron chi connectivity index (χ4n) is 3.52. The Bertz CT molecular complexity index is 809. The van der Waals surface area contributed by atoms with Crippen LogP contribution in [0.2, 0.25) is 0 Å². The highest BCUT2D eigenvalue weighted by atomic mass is 32.1. The molecular formula is C22H31N3O3S. The van der Waals surface area contributed by atoms with E-state index in [1.165, 1.54) is 0 Å². The van der Waals surface area contributed by atoms with Crippen LogP contribution in [0.5, 0.6) is 5.75 Å². The number of aromatic nitrogens is 1. The maximum absolute atomic E-state index is 12.0. The van der Waals surface area contributed by atoms with Crippen LogP contribution in [0.3, 0.4) is 0 Å². The number of nitrogens with zero attached hydrogens (tertiary/aromatic N) is 3. The van der Waals surface area contributed by atoms with Crippen molar-refractivity contribution in [3.05, 3.63) is 45.9 Å². The highest BCUT2D eigenvalue weighted by Gasteiger charge is 2.35. The van der Waals surface area contributed by atoms with Gasteiger partial charge in [-0.05, 0) is 44.9 Å². The van der Waals surface area contributed by atoms with Crippen LogP contribution in [0.25, 0.3) is 0 Å². The van der Waals surface area contributed by atoms with Gasteiger partial charge in [0.15, 0.2) is 0 Å². The van der Waals surface area contributed by atoms with Crippen molar-refractivity contribution >= 4 is 17.2 Å². The Morgan fingerprint density at radius 2 is 2.03 bits per heavy atom. The van der Waals surface area contributed by atoms with E-state index in [1.54, 1.807) is 30.3 Å². The molecule has 1 fully saturated rings. The molecule has 0 aliphatic carbocycles. The minimum Gasteiger partial charge on any atom is -0.493 e. The monoisotopic (exact) mass is 417 g/mol. The Hall–Kier alpha value is -1.96. The molecule has 3 rings (SSSR count). The Balaban J connectivity index is 1.59. The molecule has 0 radical (unpaired) electrons. The van der Waals surface area contributed by atoms with Gasteiger partial charge < -0.3 is 14.7 Å². The lowest BCUT2D eigenvalue weighted by Crippen LogP contribution is -2.37. The normalized spacial score (nSPS) is 20.3. The number of amides is 1. The number of carbonyl (C=O) groups excluding carboxylic acids is 1. The SMILES string of the molecule is Cc1nc([C@]2(O)CCCN(CC(=O)N(C)C)CC2)sc1CCOc1ccccc1. The predicted molar refractivity (Wildman–Crippen MR) is 115 cm³/mol. The lowest BCUT2D eigenvalue weighted by atomic mass is 9.96. The number of hydrogen-bond donors (Lipinski definition) is 1. The minimum absolute atomic E-state index is 0.0984. The topological polar surface area (TPSA) is 65.9 Å². The average Bonchev–Trinajstić information content (AvgIpc) is 2.97. The highest BCUT2D eigenvalue weighted by molar-refractivity contribution is 7.11. The van der Waals surface area contributed by atoms with Gasteiger partial charge in [0.05, 0.1) is 18.8 Å². The molecule has 2 heterocycles. The number of rotatable bonds is 7. The Kier molecular flexibility index (Phi) is 7.27. The Morgan fingerprint density at radius 1 is 1.28 bits per heavy atom. The number of thiazole rings is 1. The van der Waals surface area contributed by atoms with Crippen LogP contribution in [0.4, 0.5) is 0 Å². The van der Waals surface area contributed by atoms with Gasteiger partial charge in [-0.15, -0.1) is 11.3 Å². The molecule has 1 aliphatic heterocycles. The number of para-hydroxylation sites is 1. The van der Waals surface area contributed by atoms with Gasteiger partial charge in [0.1, 0.15) is 16.4 Å². The summed E-state index contributed by atoms with van der Waals surface area (Å²) >= 11 is 1.59. The number of benzene rings is 1. The number of aliphatic hydroxyl groups is 1. The molecule has 158 valence electrons. The number of likely N-dealkylation sites (N-methyl/N-ethyl adjacent to an activating group) is 1. The van der Waals surface area contributed by atoms with E-state index in [1.807, 2.05) is 37.3 Å². The molecule has 0 unspecified atom stereocenters. The molecule has 0 spiro atoms. The predicted octanol–water partition coefficient (Wildman–Crippen LogP) is 2.83. The summed E-state index contributed by atoms with van der Waals surface area (Å²) in [6, 6.07) is 9.79. The maximum Gasteiger partial charge on any atom is 0.236 e. The molecule has 0 bridgehead atoms. The summed E-state index contributed by atoms with van der Waals surface area (Å²) in [7, 11) is 3.55. The summed E-state index contributed by atoms with van der Waals surface area (Å²) < 4.78 is 5.81. The highest BCUT2D eigenvalue weighted by Crippen LogP contribution is 2.36. The van der Waals surface area contributed by atoms with Crippen molar-refractivity contribution in [1.82, 2.24) is 14.8 Å². The van der Waals surface area contributed by atoms with Gasteiger partial charge in [0, 0.05) is 31.9 Å². The molecule has 6 nitrogen and oxygen atoms in total. The van der Waals surface area contributed by atoms with Crippen LogP contribution < -0.4 is 4.74 Å². The third-order valence-corrected chi connectivity index (χ3v) is 6.81. The van der Waals surface area contributed by atoms with Gasteiger partial charge in [0.25, 0.3) is 0 Å². The standard InChI is InChI=1S/C22H31N3O3S/c1-17-19(10-15-28-18-8-5-4-6-9-18)29-21(23-17)22(27)11-7-13-25(14-12-22)16-20(26)24(2)3/h4-6,8-9,27H,7,10-16H2,1-3H3/t22-/m0/s1. The molecule has 7 heteroatoms. The first kappa shape index (κ1) is 21.7. The van der Waals surface area contributed by atoms with Gasteiger partial charge in [0.2, 0.25) is 5.91 Å². The molecule has 29 heavy (non-hydrogen) atoms. The van der Waals surface area contributed by atoms with E-state index >= 15 is 0 Å². The van der Waals surface area contributed by atoms with Crippen molar-refractivity contribution in [3.8, 4) is 5.75 Å². The van der Waals surface area contributed by atoms with E-state index in [2.05, 4.69) is 4.90 Å². The zero-order valence-corrected chi connectivity index (χ0v) is 18.4. The van der Waals surface area contributed by atoms with Gasteiger partial charge in [-0.3, -0.25) is 9.69 Å². The second-order valence-corrected chi connectivity index (χ2v) is 8.97. The van der Waals surface area contributed by atoms with Crippen LogP contribution in [0, 0.1) is 6.92 Å². The Labute approximate surface area is 177 Å². The third-order valence-electron chi connectivity index (χ3n) is 5.40. The Morgan fingerprint density at radius 3 is 2.76 bits per heavy atom. The van der Waals surface area contributed by atoms with Gasteiger partial charge in [-0.25, -0.2) is 4.98 Å². The molecule has 1 atom stereocenters.